The molecule has 1 nitrogen and oxygen atoms in total. The highest BCUT2D eigenvalue weighted by atomic mass is 32.2. The summed E-state index contributed by atoms with van der Waals surface area (Å²) in [5.41, 5.74) is 0. The van der Waals surface area contributed by atoms with Crippen LogP contribution >= 0.6 is 11.8 Å². The van der Waals surface area contributed by atoms with E-state index < -0.39 is 0 Å². The molecule has 2 heteroatoms. The first-order valence-electron chi connectivity index (χ1n) is 3.65. The average molecular weight is 147 g/mol. The molecule has 0 spiro atoms. The fraction of sp³-hybridized carbons (Fsp3) is 1.00. The Labute approximate surface area is 62.8 Å². The summed E-state index contributed by atoms with van der Waals surface area (Å²) in [5, 5.41) is 0. The third-order valence-electron chi connectivity index (χ3n) is 1.37. The highest BCUT2D eigenvalue weighted by Gasteiger charge is 1.94. The van der Waals surface area contributed by atoms with Crippen molar-refractivity contribution in [2.75, 3.05) is 24.7 Å². The van der Waals surface area contributed by atoms with Crippen molar-refractivity contribution < 1.29 is 0 Å². The second-order valence-corrected chi connectivity index (χ2v) is 3.17. The summed E-state index contributed by atoms with van der Waals surface area (Å²) in [5.74, 6) is 2.43. The first-order chi connectivity index (χ1) is 4.35. The molecular weight excluding hydrogens is 130 g/mol. The average Bonchev–Trinajstić information content (AvgIpc) is 1.91. The van der Waals surface area contributed by atoms with Crippen LogP contribution in [0.5, 0.6) is 0 Å². The Hall–Kier alpha value is 0.310. The van der Waals surface area contributed by atoms with E-state index in [-0.39, 0.29) is 0 Å². The fourth-order valence-corrected chi connectivity index (χ4v) is 1.43. The zero-order chi connectivity index (χ0) is 7.11. The highest BCUT2D eigenvalue weighted by molar-refractivity contribution is 7.99. The van der Waals surface area contributed by atoms with Gasteiger partial charge in [-0.1, -0.05) is 20.8 Å². The van der Waals surface area contributed by atoms with Crippen LogP contribution in [0.2, 0.25) is 0 Å². The number of hydrogen-bond acceptors (Lipinski definition) is 2. The van der Waals surface area contributed by atoms with Gasteiger partial charge in [0.1, 0.15) is 0 Å². The summed E-state index contributed by atoms with van der Waals surface area (Å²) in [6, 6.07) is 0. The van der Waals surface area contributed by atoms with E-state index in [2.05, 4.69) is 25.7 Å². The first kappa shape index (κ1) is 9.31. The molecule has 0 N–H and O–H groups in total. The van der Waals surface area contributed by atoms with Crippen LogP contribution in [0.15, 0.2) is 0 Å². The maximum absolute atomic E-state index is 2.42. The third-order valence-corrected chi connectivity index (χ3v) is 2.33. The largest absolute Gasteiger partial charge is 0.295 e. The van der Waals surface area contributed by atoms with Gasteiger partial charge in [0.2, 0.25) is 0 Å². The third kappa shape index (κ3) is 4.79. The summed E-state index contributed by atoms with van der Waals surface area (Å²) >= 11 is 1.99. The predicted octanol–water partition coefficient (Wildman–Crippen LogP) is 2.04. The monoisotopic (exact) mass is 147 g/mol. The molecule has 0 aromatic rings. The molecule has 0 aliphatic rings. The lowest BCUT2D eigenvalue weighted by Gasteiger charge is -2.16. The zero-order valence-electron chi connectivity index (χ0n) is 6.68. The summed E-state index contributed by atoms with van der Waals surface area (Å²) in [7, 11) is 0. The summed E-state index contributed by atoms with van der Waals surface area (Å²) in [6.07, 6.45) is 0. The fourth-order valence-electron chi connectivity index (χ4n) is 0.627. The molecule has 0 unspecified atom stereocenters. The topological polar surface area (TPSA) is 3.24 Å². The van der Waals surface area contributed by atoms with Crippen molar-refractivity contribution >= 4 is 11.8 Å². The minimum atomic E-state index is 1.18. The molecule has 0 rings (SSSR count). The van der Waals surface area contributed by atoms with Gasteiger partial charge in [0.05, 0.1) is 0 Å². The Morgan fingerprint density at radius 2 is 1.67 bits per heavy atom. The molecule has 0 radical (unpaired) electrons. The van der Waals surface area contributed by atoms with Gasteiger partial charge >= 0.3 is 0 Å². The van der Waals surface area contributed by atoms with Crippen LogP contribution in [0.1, 0.15) is 20.8 Å². The van der Waals surface area contributed by atoms with E-state index in [1.54, 1.807) is 0 Å². The summed E-state index contributed by atoms with van der Waals surface area (Å²) in [4.78, 5) is 2.42. The minimum Gasteiger partial charge on any atom is -0.295 e. The summed E-state index contributed by atoms with van der Waals surface area (Å²) in [6.45, 7) is 8.99. The van der Waals surface area contributed by atoms with E-state index in [1.807, 2.05) is 11.8 Å². The van der Waals surface area contributed by atoms with Crippen molar-refractivity contribution in [3.63, 3.8) is 0 Å². The number of rotatable bonds is 5. The lowest BCUT2D eigenvalue weighted by molar-refractivity contribution is 0.358. The van der Waals surface area contributed by atoms with E-state index in [9.17, 15) is 0 Å². The molecule has 0 aromatic heterocycles. The molecule has 0 amide bonds. The molecule has 0 bridgehead atoms. The van der Waals surface area contributed by atoms with Crippen LogP contribution in [-0.4, -0.2) is 29.6 Å². The molecule has 0 atom stereocenters. The molecule has 0 heterocycles. The Kier molecular flexibility index (Phi) is 6.65. The molecular formula is C7H17NS. The van der Waals surface area contributed by atoms with Gasteiger partial charge < -0.3 is 0 Å². The maximum Gasteiger partial charge on any atom is 0.0443 e. The molecule has 56 valence electrons. The van der Waals surface area contributed by atoms with Gasteiger partial charge in [-0.05, 0) is 18.8 Å². The zero-order valence-corrected chi connectivity index (χ0v) is 7.50. The molecule has 0 aliphatic carbocycles. The van der Waals surface area contributed by atoms with Gasteiger partial charge in [-0.3, -0.25) is 4.90 Å². The lowest BCUT2D eigenvalue weighted by Crippen LogP contribution is -2.22. The van der Waals surface area contributed by atoms with E-state index in [1.165, 1.54) is 24.7 Å². The number of hydrogen-bond donors (Lipinski definition) is 0. The van der Waals surface area contributed by atoms with E-state index >= 15 is 0 Å². The number of thioether (sulfide) groups is 1. The van der Waals surface area contributed by atoms with Gasteiger partial charge in [-0.25, -0.2) is 0 Å². The number of nitrogens with zero attached hydrogens (tertiary/aromatic N) is 1. The predicted molar refractivity (Wildman–Crippen MR) is 45.9 cm³/mol. The molecule has 0 aromatic carbocycles. The van der Waals surface area contributed by atoms with Crippen LogP contribution in [0.25, 0.3) is 0 Å². The van der Waals surface area contributed by atoms with Crippen molar-refractivity contribution in [2.24, 2.45) is 0 Å². The molecule has 9 heavy (non-hydrogen) atoms. The Morgan fingerprint density at radius 3 is 2.00 bits per heavy atom. The SMILES string of the molecule is CCSCN(CC)CC. The van der Waals surface area contributed by atoms with Crippen molar-refractivity contribution in [1.82, 2.24) is 4.90 Å². The highest BCUT2D eigenvalue weighted by Crippen LogP contribution is 2.01. The van der Waals surface area contributed by atoms with E-state index in [0.29, 0.717) is 0 Å². The molecule has 0 fully saturated rings. The second kappa shape index (κ2) is 6.43. The van der Waals surface area contributed by atoms with Gasteiger partial charge in [0, 0.05) is 5.88 Å². The van der Waals surface area contributed by atoms with Gasteiger partial charge in [-0.2, -0.15) is 0 Å². The van der Waals surface area contributed by atoms with Crippen molar-refractivity contribution in [3.8, 4) is 0 Å². The first-order valence-corrected chi connectivity index (χ1v) is 4.80. The maximum atomic E-state index is 2.42. The van der Waals surface area contributed by atoms with Crippen molar-refractivity contribution in [2.45, 2.75) is 20.8 Å². The van der Waals surface area contributed by atoms with Crippen LogP contribution in [0, 0.1) is 0 Å². The smallest absolute Gasteiger partial charge is 0.0443 e. The lowest BCUT2D eigenvalue weighted by atomic mass is 10.6. The van der Waals surface area contributed by atoms with Crippen LogP contribution < -0.4 is 0 Å². The standard InChI is InChI=1S/C7H17NS/c1-4-8(5-2)7-9-6-3/h4-7H2,1-3H3. The van der Waals surface area contributed by atoms with Crippen molar-refractivity contribution in [3.05, 3.63) is 0 Å². The second-order valence-electron chi connectivity index (χ2n) is 1.93. The summed E-state index contributed by atoms with van der Waals surface area (Å²) < 4.78 is 0. The van der Waals surface area contributed by atoms with Crippen LogP contribution in [-0.2, 0) is 0 Å². The minimum absolute atomic E-state index is 1.18. The van der Waals surface area contributed by atoms with Crippen LogP contribution in [0.4, 0.5) is 0 Å². The van der Waals surface area contributed by atoms with Gasteiger partial charge in [-0.15, -0.1) is 11.8 Å². The Morgan fingerprint density at radius 1 is 1.11 bits per heavy atom. The molecule has 0 saturated carbocycles. The van der Waals surface area contributed by atoms with Gasteiger partial charge in [0.25, 0.3) is 0 Å². The van der Waals surface area contributed by atoms with Crippen molar-refractivity contribution in [1.29, 1.82) is 0 Å². The Bertz CT molecular complexity index is 52.9. The van der Waals surface area contributed by atoms with Crippen LogP contribution in [0.3, 0.4) is 0 Å². The van der Waals surface area contributed by atoms with E-state index in [4.69, 9.17) is 0 Å². The van der Waals surface area contributed by atoms with E-state index in [0.717, 1.165) is 0 Å². The molecule has 0 aliphatic heterocycles. The molecule has 0 saturated heterocycles. The van der Waals surface area contributed by atoms with Gasteiger partial charge in [0.15, 0.2) is 0 Å². The normalized spacial score (nSPS) is 10.7. The Balaban J connectivity index is 3.09. The quantitative estimate of drug-likeness (QED) is 0.547.